The van der Waals surface area contributed by atoms with Crippen molar-refractivity contribution in [2.24, 2.45) is 5.14 Å². The number of carbonyl (C=O) groups excluding carboxylic acids is 1. The minimum atomic E-state index is -4.19. The molecule has 1 saturated carbocycles. The summed E-state index contributed by atoms with van der Waals surface area (Å²) in [6.45, 7) is 0.962. The van der Waals surface area contributed by atoms with Crippen molar-refractivity contribution < 1.29 is 23.1 Å². The fraction of sp³-hybridized carbons (Fsp3) is 0.600. The lowest BCUT2D eigenvalue weighted by Crippen LogP contribution is -2.50. The Labute approximate surface area is 156 Å². The molecule has 3 rings (SSSR count). The largest absolute Gasteiger partial charge is 0.477 e. The van der Waals surface area contributed by atoms with Gasteiger partial charge in [-0.15, -0.1) is 11.6 Å². The lowest BCUT2D eigenvalue weighted by molar-refractivity contribution is -0.135. The van der Waals surface area contributed by atoms with Crippen LogP contribution in [-0.4, -0.2) is 58.9 Å². The Balaban J connectivity index is 1.74. The summed E-state index contributed by atoms with van der Waals surface area (Å²) in [4.78, 5) is 26.0. The molecule has 1 amide bonds. The Morgan fingerprint density at radius 2 is 1.96 bits per heavy atom. The molecule has 0 spiro atoms. The molecule has 144 valence electrons. The Hall–Kier alpha value is -1.62. The molecule has 9 nitrogen and oxygen atoms in total. The standard InChI is InChI=1S/C15H21ClN4O5S/c16-9-18-15(4-5-15)14(23)19-6-1-10(2-7-19)11-3-8-20(26(17,24)25)12(11)13(21)22/h3,8,10,18H,1-2,4-7,9H2,(H,21,22)(H2,17,24,25). The quantitative estimate of drug-likeness (QED) is 0.460. The van der Waals surface area contributed by atoms with Crippen molar-refractivity contribution in [1.29, 1.82) is 0 Å². The topological polar surface area (TPSA) is 135 Å². The Kier molecular flexibility index (Phi) is 5.04. The lowest BCUT2D eigenvalue weighted by atomic mass is 9.89. The number of likely N-dealkylation sites (tertiary alicyclic amines) is 1. The molecular formula is C15H21ClN4O5S. The lowest BCUT2D eigenvalue weighted by Gasteiger charge is -2.34. The van der Waals surface area contributed by atoms with E-state index in [0.717, 1.165) is 19.0 Å². The molecule has 0 radical (unpaired) electrons. The first-order chi connectivity index (χ1) is 12.2. The first kappa shape index (κ1) is 19.2. The van der Waals surface area contributed by atoms with Crippen molar-refractivity contribution in [3.63, 3.8) is 0 Å². The van der Waals surface area contributed by atoms with Crippen LogP contribution in [-0.2, 0) is 15.0 Å². The molecule has 0 atom stereocenters. The van der Waals surface area contributed by atoms with Gasteiger partial charge in [-0.05, 0) is 43.2 Å². The molecule has 4 N–H and O–H groups in total. The number of rotatable bonds is 6. The number of hydrogen-bond acceptors (Lipinski definition) is 5. The van der Waals surface area contributed by atoms with Crippen molar-refractivity contribution >= 4 is 33.7 Å². The third-order valence-corrected chi connectivity index (χ3v) is 6.13. The SMILES string of the molecule is NS(=O)(=O)n1ccc(C2CCN(C(=O)C3(NCCl)CC3)CC2)c1C(=O)O. The molecule has 0 bridgehead atoms. The second-order valence-corrected chi connectivity index (χ2v) is 8.42. The predicted octanol–water partition coefficient (Wildman–Crippen LogP) is 0.262. The molecule has 2 aliphatic rings. The first-order valence-electron chi connectivity index (χ1n) is 8.28. The van der Waals surface area contributed by atoms with Gasteiger partial charge in [0.2, 0.25) is 5.91 Å². The van der Waals surface area contributed by atoms with Crippen LogP contribution in [0.1, 0.15) is 47.7 Å². The summed E-state index contributed by atoms with van der Waals surface area (Å²) in [7, 11) is -4.19. The van der Waals surface area contributed by atoms with Gasteiger partial charge in [-0.3, -0.25) is 10.1 Å². The molecule has 1 aliphatic heterocycles. The second-order valence-electron chi connectivity index (χ2n) is 6.72. The highest BCUT2D eigenvalue weighted by molar-refractivity contribution is 7.87. The number of carboxylic acids is 1. The maximum Gasteiger partial charge on any atom is 0.353 e. The highest BCUT2D eigenvalue weighted by Gasteiger charge is 2.51. The third-order valence-electron chi connectivity index (χ3n) is 5.15. The van der Waals surface area contributed by atoms with Crippen molar-refractivity contribution in [2.45, 2.75) is 37.1 Å². The highest BCUT2D eigenvalue weighted by Crippen LogP contribution is 2.39. The summed E-state index contributed by atoms with van der Waals surface area (Å²) in [5, 5.41) is 17.5. The summed E-state index contributed by atoms with van der Waals surface area (Å²) in [6, 6.07) is 1.69. The van der Waals surface area contributed by atoms with E-state index in [1.54, 1.807) is 4.90 Å². The van der Waals surface area contributed by atoms with E-state index in [1.807, 2.05) is 0 Å². The molecule has 0 aromatic carbocycles. The summed E-state index contributed by atoms with van der Waals surface area (Å²) in [5.41, 5.74) is -0.448. The van der Waals surface area contributed by atoms with Crippen molar-refractivity contribution in [3.05, 3.63) is 23.5 Å². The van der Waals surface area contributed by atoms with Gasteiger partial charge in [-0.1, -0.05) is 0 Å². The predicted molar refractivity (Wildman–Crippen MR) is 94.3 cm³/mol. The number of carbonyl (C=O) groups is 2. The van der Waals surface area contributed by atoms with Gasteiger partial charge in [0.15, 0.2) is 0 Å². The molecule has 2 fully saturated rings. The summed E-state index contributed by atoms with van der Waals surface area (Å²) < 4.78 is 23.8. The summed E-state index contributed by atoms with van der Waals surface area (Å²) in [5.74, 6) is -1.47. The summed E-state index contributed by atoms with van der Waals surface area (Å²) >= 11 is 5.70. The third kappa shape index (κ3) is 3.46. The average Bonchev–Trinajstić information content (AvgIpc) is 3.21. The molecule has 1 aromatic heterocycles. The number of aromatic nitrogens is 1. The fourth-order valence-electron chi connectivity index (χ4n) is 3.60. The van der Waals surface area contributed by atoms with Crippen molar-refractivity contribution in [1.82, 2.24) is 14.2 Å². The Morgan fingerprint density at radius 1 is 1.35 bits per heavy atom. The maximum absolute atomic E-state index is 12.6. The number of nitrogens with zero attached hydrogens (tertiary/aromatic N) is 2. The number of hydrogen-bond donors (Lipinski definition) is 3. The number of amides is 1. The number of halogens is 1. The monoisotopic (exact) mass is 404 g/mol. The molecule has 1 aliphatic carbocycles. The molecule has 2 heterocycles. The van der Waals surface area contributed by atoms with Crippen LogP contribution in [0, 0.1) is 0 Å². The van der Waals surface area contributed by atoms with E-state index in [4.69, 9.17) is 16.7 Å². The van der Waals surface area contributed by atoms with Crippen molar-refractivity contribution in [3.8, 4) is 0 Å². The number of piperidine rings is 1. The number of alkyl halides is 1. The van der Waals surface area contributed by atoms with E-state index in [2.05, 4.69) is 5.32 Å². The number of aromatic carboxylic acids is 1. The van der Waals surface area contributed by atoms with Crippen LogP contribution in [0.25, 0.3) is 0 Å². The molecule has 26 heavy (non-hydrogen) atoms. The van der Waals surface area contributed by atoms with E-state index in [-0.39, 0.29) is 23.5 Å². The average molecular weight is 405 g/mol. The maximum atomic E-state index is 12.6. The number of nitrogens with two attached hydrogens (primary N) is 1. The number of nitrogens with one attached hydrogen (secondary N) is 1. The molecule has 1 aromatic rings. The minimum Gasteiger partial charge on any atom is -0.477 e. The normalized spacial score (nSPS) is 20.2. The van der Waals surface area contributed by atoms with Gasteiger partial charge < -0.3 is 10.0 Å². The summed E-state index contributed by atoms with van der Waals surface area (Å²) in [6.07, 6.45) is 3.79. The molecular weight excluding hydrogens is 384 g/mol. The highest BCUT2D eigenvalue weighted by atomic mass is 35.5. The fourth-order valence-corrected chi connectivity index (χ4v) is 4.53. The van der Waals surface area contributed by atoms with Crippen LogP contribution < -0.4 is 10.5 Å². The minimum absolute atomic E-state index is 0.0252. The zero-order chi connectivity index (χ0) is 19.1. The van der Waals surface area contributed by atoms with E-state index in [1.165, 1.54) is 6.07 Å². The van der Waals surface area contributed by atoms with E-state index in [0.29, 0.717) is 35.5 Å². The van der Waals surface area contributed by atoms with E-state index in [9.17, 15) is 23.1 Å². The molecule has 0 unspecified atom stereocenters. The van der Waals surface area contributed by atoms with Gasteiger partial charge in [0, 0.05) is 19.3 Å². The van der Waals surface area contributed by atoms with E-state index < -0.39 is 21.7 Å². The van der Waals surface area contributed by atoms with Gasteiger partial charge in [0.25, 0.3) is 0 Å². The smallest absolute Gasteiger partial charge is 0.353 e. The zero-order valence-corrected chi connectivity index (χ0v) is 15.6. The van der Waals surface area contributed by atoms with Crippen LogP contribution in [0.2, 0.25) is 0 Å². The molecule has 11 heteroatoms. The van der Waals surface area contributed by atoms with Gasteiger partial charge in [0.1, 0.15) is 5.69 Å². The first-order valence-corrected chi connectivity index (χ1v) is 10.3. The van der Waals surface area contributed by atoms with Crippen LogP contribution in [0.5, 0.6) is 0 Å². The van der Waals surface area contributed by atoms with Gasteiger partial charge >= 0.3 is 16.2 Å². The number of carboxylic acid groups (broad SMARTS) is 1. The second kappa shape index (κ2) is 6.84. The van der Waals surface area contributed by atoms with Crippen LogP contribution in [0.4, 0.5) is 0 Å². The Bertz CT molecular complexity index is 825. The molecule has 1 saturated heterocycles. The van der Waals surface area contributed by atoms with Crippen molar-refractivity contribution in [2.75, 3.05) is 19.1 Å². The van der Waals surface area contributed by atoms with Gasteiger partial charge in [-0.25, -0.2) is 13.9 Å². The zero-order valence-electron chi connectivity index (χ0n) is 14.0. The van der Waals surface area contributed by atoms with Gasteiger partial charge in [-0.2, -0.15) is 8.42 Å². The van der Waals surface area contributed by atoms with Crippen LogP contribution >= 0.6 is 11.6 Å². The van der Waals surface area contributed by atoms with Gasteiger partial charge in [0.05, 0.1) is 11.5 Å². The van der Waals surface area contributed by atoms with E-state index >= 15 is 0 Å². The van der Waals surface area contributed by atoms with Crippen LogP contribution in [0.3, 0.4) is 0 Å². The Morgan fingerprint density at radius 3 is 2.42 bits per heavy atom. The van der Waals surface area contributed by atoms with Crippen LogP contribution in [0.15, 0.2) is 12.3 Å².